The highest BCUT2D eigenvalue weighted by molar-refractivity contribution is 9.10. The zero-order valence-electron chi connectivity index (χ0n) is 25.0. The van der Waals surface area contributed by atoms with Crippen molar-refractivity contribution in [1.82, 2.24) is 0 Å². The van der Waals surface area contributed by atoms with Gasteiger partial charge in [-0.05, 0) is 56.1 Å². The quantitative estimate of drug-likeness (QED) is 0.0731. The van der Waals surface area contributed by atoms with E-state index in [0.29, 0.717) is 25.2 Å². The summed E-state index contributed by atoms with van der Waals surface area (Å²) in [6.07, 6.45) is 0. The predicted molar refractivity (Wildman–Crippen MR) is 163 cm³/mol. The normalized spacial score (nSPS) is 12.6. The number of carbonyl (C=O) groups is 1. The van der Waals surface area contributed by atoms with E-state index in [1.165, 1.54) is 18.2 Å². The van der Waals surface area contributed by atoms with E-state index in [2.05, 4.69) is 56.7 Å². The smallest absolute Gasteiger partial charge is 0.312 e. The molecule has 0 aromatic heterocycles. The minimum absolute atomic E-state index is 0.00787. The molecule has 4 aromatic rings. The van der Waals surface area contributed by atoms with E-state index in [1.807, 2.05) is 12.1 Å². The number of allylic oxidation sites excluding steroid dienone is 1. The second-order valence-corrected chi connectivity index (χ2v) is 11.4. The zero-order valence-corrected chi connectivity index (χ0v) is 28.2. The van der Waals surface area contributed by atoms with Gasteiger partial charge in [-0.1, -0.05) is 0 Å². The molecule has 0 fully saturated rings. The van der Waals surface area contributed by atoms with Gasteiger partial charge in [0.05, 0.1) is 27.4 Å². The summed E-state index contributed by atoms with van der Waals surface area (Å²) in [5.74, 6) is -21.8. The van der Waals surface area contributed by atoms with Gasteiger partial charge in [-0.2, -0.15) is 25.8 Å². The number of hydrogen-bond acceptors (Lipinski definition) is 6. The Morgan fingerprint density at radius 3 is 1.47 bits per heavy atom. The maximum atomic E-state index is 14.0. The van der Waals surface area contributed by atoms with Crippen LogP contribution in [-0.4, -0.2) is 6.03 Å². The lowest BCUT2D eigenvalue weighted by molar-refractivity contribution is 0.256. The largest absolute Gasteiger partial charge is 0.368 e. The molecular formula is C32H6Br2F10N8O. The summed E-state index contributed by atoms with van der Waals surface area (Å²) < 4.78 is 132. The molecule has 0 bridgehead atoms. The first-order valence-corrected chi connectivity index (χ1v) is 15.0. The number of rotatable bonds is 2. The van der Waals surface area contributed by atoms with Crippen molar-refractivity contribution in [3.63, 3.8) is 0 Å². The van der Waals surface area contributed by atoms with E-state index in [0.717, 1.165) is 0 Å². The maximum absolute atomic E-state index is 14.0. The van der Waals surface area contributed by atoms with Crippen molar-refractivity contribution in [3.05, 3.63) is 152 Å². The molecule has 53 heavy (non-hydrogen) atoms. The molecule has 2 heterocycles. The van der Waals surface area contributed by atoms with E-state index in [4.69, 9.17) is 17.1 Å². The molecule has 0 unspecified atom stereocenters. The number of fused-ring (bicyclic) bond motifs is 2. The molecular weight excluding hydrogens is 862 g/mol. The van der Waals surface area contributed by atoms with Crippen molar-refractivity contribution >= 4 is 43.5 Å². The Labute approximate surface area is 304 Å². The molecule has 0 radical (unpaired) electrons. The number of halogens is 12. The van der Waals surface area contributed by atoms with Crippen LogP contribution in [0.25, 0.3) is 10.4 Å². The van der Waals surface area contributed by atoms with Gasteiger partial charge in [-0.15, -0.1) is 0 Å². The van der Waals surface area contributed by atoms with Gasteiger partial charge in [-0.25, -0.2) is 65.3 Å². The third-order valence-electron chi connectivity index (χ3n) is 6.64. The van der Waals surface area contributed by atoms with Crippen LogP contribution < -0.4 is 21.4 Å². The molecule has 4 aromatic carbocycles. The molecule has 0 saturated carbocycles. The third-order valence-corrected chi connectivity index (χ3v) is 7.96. The number of benzene rings is 4. The summed E-state index contributed by atoms with van der Waals surface area (Å²) in [5.41, 5.74) is -3.09. The molecule has 6 rings (SSSR count). The van der Waals surface area contributed by atoms with Crippen LogP contribution >= 0.6 is 31.9 Å². The van der Waals surface area contributed by atoms with Gasteiger partial charge in [0.25, 0.3) is 0 Å². The first-order valence-electron chi connectivity index (χ1n) is 13.4. The molecule has 0 spiro atoms. The van der Waals surface area contributed by atoms with Crippen LogP contribution in [0.1, 0.15) is 22.3 Å². The van der Waals surface area contributed by atoms with Crippen molar-refractivity contribution in [1.29, 1.82) is 15.8 Å². The standard InChI is InChI=1S/C16H2BrF5N4.C8H2BrN3O.C8H2F5N/c17-7-1-2-8-15(5(7)3-23)26-16(25-8)6(4-24)9-10(18)12(20)14(22)13(21)11(9)19;9-5-1-2-6-7(4(5)3-10)12-8(13)11-6;1-14-2-3-4(9)6(11)8(13)7(12)5(3)10/h1-2H;1-2H;2H2/b16-6-;;. The van der Waals surface area contributed by atoms with Gasteiger partial charge in [0.1, 0.15) is 40.1 Å². The Kier molecular flexibility index (Phi) is 11.9. The summed E-state index contributed by atoms with van der Waals surface area (Å²) in [4.78, 5) is 28.3. The fourth-order valence-corrected chi connectivity index (χ4v) is 5.04. The number of amides is 2. The monoisotopic (exact) mass is 866 g/mol. The molecule has 0 atom stereocenters. The molecule has 0 N–H and O–H groups in total. The fraction of sp³-hybridized carbons (Fsp3) is 0.0312. The number of nitriles is 3. The first-order chi connectivity index (χ1) is 25.0. The van der Waals surface area contributed by atoms with Crippen LogP contribution in [0.4, 0.5) is 48.7 Å². The van der Waals surface area contributed by atoms with Gasteiger partial charge in [-0.3, -0.25) is 0 Å². The Bertz CT molecular complexity index is 2710. The molecule has 0 aliphatic carbocycles. The summed E-state index contributed by atoms with van der Waals surface area (Å²) in [7, 11) is 0. The Morgan fingerprint density at radius 1 is 0.623 bits per heavy atom. The van der Waals surface area contributed by atoms with Crippen LogP contribution in [0, 0.1) is 98.7 Å². The van der Waals surface area contributed by atoms with E-state index in [9.17, 15) is 54.0 Å². The average molecular weight is 868 g/mol. The van der Waals surface area contributed by atoms with Crippen molar-refractivity contribution in [3.8, 4) is 18.2 Å². The first kappa shape index (κ1) is 39.5. The molecule has 21 heteroatoms. The van der Waals surface area contributed by atoms with Crippen LogP contribution in [0.3, 0.4) is 0 Å². The number of carbonyl (C=O) groups excluding carboxylic acids is 1. The highest BCUT2D eigenvalue weighted by atomic mass is 79.9. The maximum Gasteiger partial charge on any atom is 0.368 e. The second-order valence-electron chi connectivity index (χ2n) is 9.65. The number of hydrogen-bond donors (Lipinski definition) is 0. The summed E-state index contributed by atoms with van der Waals surface area (Å²) in [6.45, 7) is 5.40. The van der Waals surface area contributed by atoms with Crippen LogP contribution in [0.5, 0.6) is 0 Å². The van der Waals surface area contributed by atoms with Gasteiger partial charge < -0.3 is 4.85 Å². The lowest BCUT2D eigenvalue weighted by Gasteiger charge is -2.07. The van der Waals surface area contributed by atoms with Gasteiger partial charge >= 0.3 is 6.03 Å². The Hall–Kier alpha value is -6.29. The SMILES string of the molecule is N#C/C(=C1\N=c2ccc(Br)c(C#N)c2=N1)c1c(F)c(F)c(F)c(F)c1F.N#Cc1c(Br)ccc2c1=NC(=O)N=2.[C-]#[N+]Cc1c(F)c(F)c(F)c(F)c1F. The fourth-order valence-electron chi connectivity index (χ4n) is 4.22. The summed E-state index contributed by atoms with van der Waals surface area (Å²) in [6, 6.07) is 10.8. The minimum atomic E-state index is -2.34. The van der Waals surface area contributed by atoms with Crippen molar-refractivity contribution in [2.75, 3.05) is 0 Å². The molecule has 2 amide bonds. The summed E-state index contributed by atoms with van der Waals surface area (Å²) >= 11 is 6.31. The highest BCUT2D eigenvalue weighted by Gasteiger charge is 2.30. The average Bonchev–Trinajstić information content (AvgIpc) is 3.75. The molecule has 2 aliphatic heterocycles. The van der Waals surface area contributed by atoms with Crippen LogP contribution in [0.2, 0.25) is 0 Å². The van der Waals surface area contributed by atoms with Crippen LogP contribution in [-0.2, 0) is 6.54 Å². The predicted octanol–water partition coefficient (Wildman–Crippen LogP) is 6.66. The van der Waals surface area contributed by atoms with Crippen LogP contribution in [0.15, 0.2) is 59.0 Å². The minimum Gasteiger partial charge on any atom is -0.312 e. The van der Waals surface area contributed by atoms with Gasteiger partial charge in [0.15, 0.2) is 52.4 Å². The molecule has 9 nitrogen and oxygen atoms in total. The van der Waals surface area contributed by atoms with E-state index in [-0.39, 0.29) is 16.3 Å². The Balaban J connectivity index is 0.000000196. The van der Waals surface area contributed by atoms with E-state index >= 15 is 0 Å². The molecule has 2 aliphatic rings. The summed E-state index contributed by atoms with van der Waals surface area (Å²) in [5, 5.41) is 28.1. The van der Waals surface area contributed by atoms with E-state index < -0.39 is 93.3 Å². The van der Waals surface area contributed by atoms with Crippen molar-refractivity contribution in [2.45, 2.75) is 6.54 Å². The lowest BCUT2D eigenvalue weighted by atomic mass is 10.0. The topological polar surface area (TPSA) is 142 Å². The highest BCUT2D eigenvalue weighted by Crippen LogP contribution is 2.31. The van der Waals surface area contributed by atoms with Crippen molar-refractivity contribution in [2.24, 2.45) is 20.0 Å². The van der Waals surface area contributed by atoms with Crippen molar-refractivity contribution < 1.29 is 48.7 Å². The van der Waals surface area contributed by atoms with Gasteiger partial charge in [0, 0.05) is 8.95 Å². The lowest BCUT2D eigenvalue weighted by Crippen LogP contribution is -2.24. The van der Waals surface area contributed by atoms with Gasteiger partial charge in [0.2, 0.25) is 18.2 Å². The zero-order chi connectivity index (χ0) is 39.5. The molecule has 0 saturated heterocycles. The third kappa shape index (κ3) is 7.39. The van der Waals surface area contributed by atoms with E-state index in [1.54, 1.807) is 12.1 Å². The molecule has 264 valence electrons. The second kappa shape index (κ2) is 15.9. The Morgan fingerprint density at radius 2 is 1.04 bits per heavy atom. The number of urea groups is 1. The number of nitrogens with zero attached hydrogens (tertiary/aromatic N) is 8.